The lowest BCUT2D eigenvalue weighted by molar-refractivity contribution is -0.112. The highest BCUT2D eigenvalue weighted by Gasteiger charge is 2.47. The van der Waals surface area contributed by atoms with E-state index in [1.165, 1.54) is 4.90 Å². The number of carbonyl (C=O) groups excluding carboxylic acids is 2. The van der Waals surface area contributed by atoms with Gasteiger partial charge in [-0.2, -0.15) is 0 Å². The monoisotopic (exact) mass is 241 g/mol. The maximum atomic E-state index is 12.0. The van der Waals surface area contributed by atoms with Crippen molar-refractivity contribution in [2.24, 2.45) is 11.8 Å². The minimum atomic E-state index is -0.529. The van der Waals surface area contributed by atoms with Crippen molar-refractivity contribution in [1.29, 1.82) is 0 Å². The summed E-state index contributed by atoms with van der Waals surface area (Å²) < 4.78 is 10.6. The molecule has 0 saturated carbocycles. The smallest absolute Gasteiger partial charge is 0.410 e. The Morgan fingerprint density at radius 1 is 1.41 bits per heavy atom. The molecule has 3 unspecified atom stereocenters. The summed E-state index contributed by atoms with van der Waals surface area (Å²) in [6.45, 7) is 7.22. The molecule has 0 spiro atoms. The number of aldehydes is 1. The Morgan fingerprint density at radius 3 is 2.71 bits per heavy atom. The maximum absolute atomic E-state index is 12.0. The van der Waals surface area contributed by atoms with E-state index in [0.29, 0.717) is 19.8 Å². The van der Waals surface area contributed by atoms with Gasteiger partial charge in [0.25, 0.3) is 0 Å². The van der Waals surface area contributed by atoms with Crippen molar-refractivity contribution in [3.8, 4) is 0 Å². The van der Waals surface area contributed by atoms with Gasteiger partial charge in [0, 0.05) is 18.4 Å². The molecule has 2 aliphatic rings. The van der Waals surface area contributed by atoms with Crippen LogP contribution >= 0.6 is 0 Å². The molecule has 0 aliphatic carbocycles. The van der Waals surface area contributed by atoms with E-state index in [-0.39, 0.29) is 11.8 Å². The molecule has 2 aliphatic heterocycles. The summed E-state index contributed by atoms with van der Waals surface area (Å²) in [5, 5.41) is 0. The molecule has 96 valence electrons. The lowest BCUT2D eigenvalue weighted by Gasteiger charge is -2.27. The second-order valence-electron chi connectivity index (χ2n) is 5.72. The summed E-state index contributed by atoms with van der Waals surface area (Å²) in [5.41, 5.74) is -0.529. The van der Waals surface area contributed by atoms with Crippen molar-refractivity contribution < 1.29 is 19.1 Å². The summed E-state index contributed by atoms with van der Waals surface area (Å²) in [7, 11) is 0. The van der Waals surface area contributed by atoms with Gasteiger partial charge < -0.3 is 14.3 Å². The van der Waals surface area contributed by atoms with Gasteiger partial charge in [-0.15, -0.1) is 0 Å². The summed E-state index contributed by atoms with van der Waals surface area (Å²) in [6.07, 6.45) is 0.438. The fraction of sp³-hybridized carbons (Fsp3) is 0.833. The molecule has 0 aromatic carbocycles. The number of hydrogen-bond donors (Lipinski definition) is 0. The van der Waals surface area contributed by atoms with Gasteiger partial charge in [0.15, 0.2) is 0 Å². The molecule has 5 heteroatoms. The van der Waals surface area contributed by atoms with E-state index in [1.807, 2.05) is 20.8 Å². The largest absolute Gasteiger partial charge is 0.444 e. The quantitative estimate of drug-likeness (QED) is 0.644. The number of likely N-dealkylation sites (tertiary alicyclic amines) is 1. The first-order chi connectivity index (χ1) is 7.92. The second kappa shape index (κ2) is 4.29. The number of hydrogen-bond acceptors (Lipinski definition) is 4. The van der Waals surface area contributed by atoms with Crippen molar-refractivity contribution in [2.45, 2.75) is 32.4 Å². The van der Waals surface area contributed by atoms with Crippen LogP contribution in [-0.4, -0.2) is 48.7 Å². The van der Waals surface area contributed by atoms with Crippen molar-refractivity contribution in [3.05, 3.63) is 0 Å². The Balaban J connectivity index is 2.06. The average molecular weight is 241 g/mol. The summed E-state index contributed by atoms with van der Waals surface area (Å²) >= 11 is 0. The van der Waals surface area contributed by atoms with Crippen LogP contribution in [-0.2, 0) is 14.3 Å². The molecule has 2 saturated heterocycles. The third-order valence-electron chi connectivity index (χ3n) is 3.24. The fourth-order valence-corrected chi connectivity index (χ4v) is 2.48. The van der Waals surface area contributed by atoms with E-state index in [4.69, 9.17) is 9.47 Å². The second-order valence-corrected chi connectivity index (χ2v) is 5.72. The first kappa shape index (κ1) is 12.4. The van der Waals surface area contributed by atoms with Gasteiger partial charge >= 0.3 is 6.09 Å². The minimum Gasteiger partial charge on any atom is -0.444 e. The minimum absolute atomic E-state index is 0.139. The van der Waals surface area contributed by atoms with Crippen LogP contribution in [0.3, 0.4) is 0 Å². The molecule has 17 heavy (non-hydrogen) atoms. The van der Waals surface area contributed by atoms with Gasteiger partial charge in [-0.1, -0.05) is 0 Å². The molecular weight excluding hydrogens is 222 g/mol. The summed E-state index contributed by atoms with van der Waals surface area (Å²) in [4.78, 5) is 24.6. The van der Waals surface area contributed by atoms with E-state index in [9.17, 15) is 9.59 Å². The molecule has 0 radical (unpaired) electrons. The van der Waals surface area contributed by atoms with Crippen molar-refractivity contribution >= 4 is 12.4 Å². The zero-order valence-electron chi connectivity index (χ0n) is 10.5. The molecule has 3 atom stereocenters. The number of amides is 1. The zero-order chi connectivity index (χ0) is 12.6. The van der Waals surface area contributed by atoms with Gasteiger partial charge in [0.1, 0.15) is 11.9 Å². The van der Waals surface area contributed by atoms with Gasteiger partial charge in [-0.05, 0) is 20.8 Å². The standard InChI is InChI=1S/C12H19NO4/c1-12(2,3)17-11(15)13-4-8-6-16-7-9(8)10(13)5-14/h5,8-10H,4,6-7H2,1-3H3. The number of fused-ring (bicyclic) bond motifs is 1. The predicted octanol–water partition coefficient (Wildman–Crippen LogP) is 1.07. The molecule has 0 aromatic heterocycles. The molecule has 1 amide bonds. The Bertz CT molecular complexity index is 323. The predicted molar refractivity (Wildman–Crippen MR) is 60.6 cm³/mol. The normalized spacial score (nSPS) is 32.4. The van der Waals surface area contributed by atoms with Crippen LogP contribution in [0.2, 0.25) is 0 Å². The summed E-state index contributed by atoms with van der Waals surface area (Å²) in [5.74, 6) is 0.415. The van der Waals surface area contributed by atoms with Crippen LogP contribution in [0.25, 0.3) is 0 Å². The number of nitrogens with zero attached hydrogens (tertiary/aromatic N) is 1. The van der Waals surface area contributed by atoms with Crippen LogP contribution in [0.1, 0.15) is 20.8 Å². The Labute approximate surface area is 101 Å². The highest BCUT2D eigenvalue weighted by Crippen LogP contribution is 2.34. The highest BCUT2D eigenvalue weighted by molar-refractivity contribution is 5.75. The maximum Gasteiger partial charge on any atom is 0.410 e. The zero-order valence-corrected chi connectivity index (χ0v) is 10.5. The van der Waals surface area contributed by atoms with Crippen LogP contribution in [0, 0.1) is 11.8 Å². The van der Waals surface area contributed by atoms with Crippen LogP contribution in [0.5, 0.6) is 0 Å². The van der Waals surface area contributed by atoms with Crippen molar-refractivity contribution in [2.75, 3.05) is 19.8 Å². The van der Waals surface area contributed by atoms with Crippen LogP contribution in [0.4, 0.5) is 4.79 Å². The highest BCUT2D eigenvalue weighted by atomic mass is 16.6. The van der Waals surface area contributed by atoms with Gasteiger partial charge in [-0.25, -0.2) is 4.79 Å². The third-order valence-corrected chi connectivity index (χ3v) is 3.24. The fourth-order valence-electron chi connectivity index (χ4n) is 2.48. The first-order valence-electron chi connectivity index (χ1n) is 5.95. The van der Waals surface area contributed by atoms with E-state index >= 15 is 0 Å². The molecule has 2 heterocycles. The third kappa shape index (κ3) is 2.44. The Morgan fingerprint density at radius 2 is 2.12 bits per heavy atom. The van der Waals surface area contributed by atoms with Crippen molar-refractivity contribution in [3.63, 3.8) is 0 Å². The Kier molecular flexibility index (Phi) is 3.12. The molecular formula is C12H19NO4. The topological polar surface area (TPSA) is 55.8 Å². The molecule has 0 N–H and O–H groups in total. The first-order valence-corrected chi connectivity index (χ1v) is 5.95. The molecule has 2 fully saturated rings. The van der Waals surface area contributed by atoms with E-state index < -0.39 is 17.7 Å². The van der Waals surface area contributed by atoms with E-state index in [1.54, 1.807) is 0 Å². The van der Waals surface area contributed by atoms with Gasteiger partial charge in [0.2, 0.25) is 0 Å². The SMILES string of the molecule is CC(C)(C)OC(=O)N1CC2COCC2C1C=O. The van der Waals surface area contributed by atoms with Gasteiger partial charge in [0.05, 0.1) is 19.3 Å². The molecule has 0 bridgehead atoms. The molecule has 2 rings (SSSR count). The summed E-state index contributed by atoms with van der Waals surface area (Å²) in [6, 6.07) is -0.391. The lowest BCUT2D eigenvalue weighted by Crippen LogP contribution is -2.42. The molecule has 5 nitrogen and oxygen atoms in total. The van der Waals surface area contributed by atoms with Crippen LogP contribution < -0.4 is 0 Å². The van der Waals surface area contributed by atoms with E-state index in [2.05, 4.69) is 0 Å². The van der Waals surface area contributed by atoms with Crippen LogP contribution in [0.15, 0.2) is 0 Å². The van der Waals surface area contributed by atoms with Crippen molar-refractivity contribution in [1.82, 2.24) is 4.90 Å². The number of rotatable bonds is 1. The average Bonchev–Trinajstić information content (AvgIpc) is 2.72. The Hall–Kier alpha value is -1.10. The molecule has 0 aromatic rings. The van der Waals surface area contributed by atoms with E-state index in [0.717, 1.165) is 6.29 Å². The van der Waals surface area contributed by atoms with Gasteiger partial charge in [-0.3, -0.25) is 4.90 Å². The number of carbonyl (C=O) groups is 2. The number of ether oxygens (including phenoxy) is 2. The lowest BCUT2D eigenvalue weighted by atomic mass is 9.95.